The molecule has 1 heteroatoms. The average Bonchev–Trinajstić information content (AvgIpc) is 3.32. The lowest BCUT2D eigenvalue weighted by Crippen LogP contribution is -1.91. The van der Waals surface area contributed by atoms with E-state index in [-0.39, 0.29) is 0 Å². The minimum Gasteiger partial charge on any atom is -0.456 e. The summed E-state index contributed by atoms with van der Waals surface area (Å²) in [4.78, 5) is 0. The van der Waals surface area contributed by atoms with Gasteiger partial charge in [-0.1, -0.05) is 110 Å². The molecule has 0 aliphatic heterocycles. The monoisotopic (exact) mass is 486 g/mol. The molecular weight excluding hydrogens is 460 g/mol. The zero-order chi connectivity index (χ0) is 25.6. The Morgan fingerprint density at radius 1 is 0.579 bits per heavy atom. The van der Waals surface area contributed by atoms with Crippen molar-refractivity contribution in [2.45, 2.75) is 6.92 Å². The fourth-order valence-electron chi connectivity index (χ4n) is 5.87. The van der Waals surface area contributed by atoms with Crippen molar-refractivity contribution in [1.82, 2.24) is 0 Å². The van der Waals surface area contributed by atoms with Gasteiger partial charge < -0.3 is 4.42 Å². The lowest BCUT2D eigenvalue weighted by Gasteiger charge is -2.18. The summed E-state index contributed by atoms with van der Waals surface area (Å²) in [6, 6.07) is 39.5. The van der Waals surface area contributed by atoms with Gasteiger partial charge in [-0.05, 0) is 85.8 Å². The normalized spacial score (nSPS) is 11.8. The number of hydrogen-bond donors (Lipinski definition) is 0. The van der Waals surface area contributed by atoms with Gasteiger partial charge in [0, 0.05) is 10.9 Å². The van der Waals surface area contributed by atoms with Crippen LogP contribution in [0.25, 0.3) is 77.7 Å². The summed E-state index contributed by atoms with van der Waals surface area (Å²) in [6.45, 7) is 6.07. The summed E-state index contributed by atoms with van der Waals surface area (Å²) in [5, 5.41) is 8.57. The van der Waals surface area contributed by atoms with E-state index in [4.69, 9.17) is 4.42 Å². The van der Waals surface area contributed by atoms with Crippen molar-refractivity contribution in [3.05, 3.63) is 133 Å². The fraction of sp³-hybridized carbons (Fsp3) is 0.0270. The molecule has 0 unspecified atom stereocenters. The van der Waals surface area contributed by atoms with Gasteiger partial charge in [0.1, 0.15) is 11.3 Å². The number of furan rings is 1. The van der Waals surface area contributed by atoms with Crippen molar-refractivity contribution in [2.24, 2.45) is 0 Å². The molecule has 0 spiro atoms. The second kappa shape index (κ2) is 8.90. The third kappa shape index (κ3) is 3.40. The number of fused-ring (bicyclic) bond motifs is 4. The number of benzene rings is 6. The molecule has 0 amide bonds. The molecule has 0 atom stereocenters. The Balaban J connectivity index is 1.57. The van der Waals surface area contributed by atoms with Crippen LogP contribution < -0.4 is 0 Å². The topological polar surface area (TPSA) is 13.1 Å². The molecule has 0 aliphatic rings. The molecule has 0 saturated heterocycles. The quantitative estimate of drug-likeness (QED) is 0.225. The highest BCUT2D eigenvalue weighted by molar-refractivity contribution is 6.22. The van der Waals surface area contributed by atoms with E-state index < -0.39 is 0 Å². The molecule has 0 saturated carbocycles. The Hall–Kier alpha value is -4.88. The number of allylic oxidation sites excluding steroid dienone is 1. The molecule has 0 aliphatic carbocycles. The zero-order valence-electron chi connectivity index (χ0n) is 21.2. The van der Waals surface area contributed by atoms with E-state index >= 15 is 0 Å². The molecule has 1 heterocycles. The van der Waals surface area contributed by atoms with Crippen LogP contribution in [0.1, 0.15) is 18.2 Å². The minimum absolute atomic E-state index is 0.844. The van der Waals surface area contributed by atoms with Crippen molar-refractivity contribution in [2.75, 3.05) is 0 Å². The van der Waals surface area contributed by atoms with Crippen LogP contribution in [0.2, 0.25) is 0 Å². The third-order valence-electron chi connectivity index (χ3n) is 7.54. The maximum absolute atomic E-state index is 6.15. The number of hydrogen-bond acceptors (Lipinski definition) is 1. The van der Waals surface area contributed by atoms with Crippen LogP contribution in [0.5, 0.6) is 0 Å². The van der Waals surface area contributed by atoms with Crippen LogP contribution in [0.3, 0.4) is 0 Å². The van der Waals surface area contributed by atoms with Crippen molar-refractivity contribution in [3.63, 3.8) is 0 Å². The van der Waals surface area contributed by atoms with E-state index in [2.05, 4.69) is 116 Å². The Labute approximate surface area is 222 Å². The van der Waals surface area contributed by atoms with Crippen molar-refractivity contribution < 1.29 is 4.42 Å². The van der Waals surface area contributed by atoms with E-state index in [0.29, 0.717) is 0 Å². The first-order valence-corrected chi connectivity index (χ1v) is 13.0. The first-order chi connectivity index (χ1) is 18.8. The van der Waals surface area contributed by atoms with Gasteiger partial charge in [-0.3, -0.25) is 0 Å². The molecule has 38 heavy (non-hydrogen) atoms. The van der Waals surface area contributed by atoms with E-state index in [1.54, 1.807) is 0 Å². The summed E-state index contributed by atoms with van der Waals surface area (Å²) in [6.07, 6.45) is 5.89. The molecule has 1 aromatic heterocycles. The maximum atomic E-state index is 6.15. The van der Waals surface area contributed by atoms with Crippen LogP contribution in [-0.4, -0.2) is 0 Å². The van der Waals surface area contributed by atoms with Crippen LogP contribution in [0.15, 0.2) is 126 Å². The SMILES string of the molecule is C=Cc1c(/C=C\C)oc2ccc(-c3c4ccccc4c(-c4ccc5ccccc5c4)c4ccccc34)cc12. The van der Waals surface area contributed by atoms with Crippen LogP contribution in [-0.2, 0) is 0 Å². The Bertz CT molecular complexity index is 1990. The second-order valence-corrected chi connectivity index (χ2v) is 9.70. The van der Waals surface area contributed by atoms with Gasteiger partial charge >= 0.3 is 0 Å². The predicted molar refractivity (Wildman–Crippen MR) is 164 cm³/mol. The van der Waals surface area contributed by atoms with Crippen LogP contribution in [0, 0.1) is 0 Å². The zero-order valence-corrected chi connectivity index (χ0v) is 21.2. The largest absolute Gasteiger partial charge is 0.456 e. The molecular formula is C37H26O. The van der Waals surface area contributed by atoms with Crippen molar-refractivity contribution in [3.8, 4) is 22.3 Å². The highest BCUT2D eigenvalue weighted by Crippen LogP contribution is 2.45. The Morgan fingerprint density at radius 3 is 1.74 bits per heavy atom. The van der Waals surface area contributed by atoms with Crippen LogP contribution >= 0.6 is 0 Å². The summed E-state index contributed by atoms with van der Waals surface area (Å²) in [5.74, 6) is 0.844. The first kappa shape index (κ1) is 22.3. The molecule has 0 fully saturated rings. The number of rotatable bonds is 4. The van der Waals surface area contributed by atoms with Gasteiger partial charge in [0.2, 0.25) is 0 Å². The van der Waals surface area contributed by atoms with Gasteiger partial charge in [-0.15, -0.1) is 0 Å². The summed E-state index contributed by atoms with van der Waals surface area (Å²) in [7, 11) is 0. The molecule has 7 rings (SSSR count). The minimum atomic E-state index is 0.844. The van der Waals surface area contributed by atoms with Gasteiger partial charge in [0.25, 0.3) is 0 Å². The van der Waals surface area contributed by atoms with Gasteiger partial charge in [0.15, 0.2) is 0 Å². The highest BCUT2D eigenvalue weighted by atomic mass is 16.3. The Kier molecular flexibility index (Phi) is 5.23. The maximum Gasteiger partial charge on any atom is 0.135 e. The third-order valence-corrected chi connectivity index (χ3v) is 7.54. The lowest BCUT2D eigenvalue weighted by molar-refractivity contribution is 0.603. The van der Waals surface area contributed by atoms with E-state index in [1.165, 1.54) is 54.6 Å². The van der Waals surface area contributed by atoms with Crippen molar-refractivity contribution >= 4 is 55.4 Å². The molecule has 7 aromatic rings. The molecule has 0 N–H and O–H groups in total. The van der Waals surface area contributed by atoms with Gasteiger partial charge in [-0.25, -0.2) is 0 Å². The molecule has 0 bridgehead atoms. The molecule has 6 aromatic carbocycles. The average molecular weight is 487 g/mol. The summed E-state index contributed by atoms with van der Waals surface area (Å²) < 4.78 is 6.15. The first-order valence-electron chi connectivity index (χ1n) is 13.0. The van der Waals surface area contributed by atoms with Crippen LogP contribution in [0.4, 0.5) is 0 Å². The Morgan fingerprint density at radius 2 is 1.13 bits per heavy atom. The molecule has 180 valence electrons. The van der Waals surface area contributed by atoms with E-state index in [0.717, 1.165) is 22.3 Å². The smallest absolute Gasteiger partial charge is 0.135 e. The standard InChI is InChI=1S/C37H26O/c1-3-11-34-28(4-2)33-23-27(20-21-35(33)38-34)37-31-16-9-7-14-29(31)36(30-15-8-10-17-32(30)37)26-19-18-24-12-5-6-13-25(24)22-26/h3-23H,2H2,1H3/b11-3-. The summed E-state index contributed by atoms with van der Waals surface area (Å²) >= 11 is 0. The van der Waals surface area contributed by atoms with E-state index in [9.17, 15) is 0 Å². The predicted octanol–water partition coefficient (Wildman–Crippen LogP) is 10.9. The summed E-state index contributed by atoms with van der Waals surface area (Å²) in [5.41, 5.74) is 6.83. The molecule has 1 nitrogen and oxygen atoms in total. The van der Waals surface area contributed by atoms with E-state index in [1.807, 2.05) is 25.2 Å². The molecule has 0 radical (unpaired) electrons. The van der Waals surface area contributed by atoms with Gasteiger partial charge in [-0.2, -0.15) is 0 Å². The lowest BCUT2D eigenvalue weighted by atomic mass is 9.85. The van der Waals surface area contributed by atoms with Crippen molar-refractivity contribution in [1.29, 1.82) is 0 Å². The fourth-order valence-corrected chi connectivity index (χ4v) is 5.87. The second-order valence-electron chi connectivity index (χ2n) is 9.70. The highest BCUT2D eigenvalue weighted by Gasteiger charge is 2.18. The van der Waals surface area contributed by atoms with Gasteiger partial charge in [0.05, 0.1) is 0 Å².